The minimum atomic E-state index is -0.977. The van der Waals surface area contributed by atoms with Crippen molar-refractivity contribution in [3.8, 4) is 0 Å². The molecule has 1 rings (SSSR count). The Kier molecular flexibility index (Phi) is 5.91. The van der Waals surface area contributed by atoms with Gasteiger partial charge < -0.3 is 19.6 Å². The average molecular weight is 258 g/mol. The number of hydrogen-bond acceptors (Lipinski definition) is 3. The lowest BCUT2D eigenvalue weighted by atomic mass is 10.2. The number of carboxylic acids is 1. The number of carboxylic acid groups (broad SMARTS) is 1. The molecule has 1 saturated heterocycles. The van der Waals surface area contributed by atoms with E-state index < -0.39 is 5.97 Å². The first-order valence-corrected chi connectivity index (χ1v) is 6.34. The van der Waals surface area contributed by atoms with Crippen molar-refractivity contribution in [1.29, 1.82) is 0 Å². The smallest absolute Gasteiger partial charge is 0.323 e. The quantitative estimate of drug-likeness (QED) is 0.812. The average Bonchev–Trinajstić information content (AvgIpc) is 2.54. The summed E-state index contributed by atoms with van der Waals surface area (Å²) in [5, 5.41) is 8.86. The number of rotatable bonds is 4. The van der Waals surface area contributed by atoms with Crippen LogP contribution in [0.2, 0.25) is 0 Å². The largest absolute Gasteiger partial charge is 0.480 e. The van der Waals surface area contributed by atoms with Crippen LogP contribution in [0, 0.1) is 5.92 Å². The van der Waals surface area contributed by atoms with Gasteiger partial charge in [-0.05, 0) is 12.3 Å². The van der Waals surface area contributed by atoms with Crippen LogP contribution in [0.25, 0.3) is 0 Å². The number of aliphatic carboxylic acids is 1. The van der Waals surface area contributed by atoms with Crippen LogP contribution in [0.1, 0.15) is 20.3 Å². The van der Waals surface area contributed by atoms with Crippen molar-refractivity contribution in [3.63, 3.8) is 0 Å². The second-order valence-electron chi connectivity index (χ2n) is 4.90. The third-order valence-corrected chi connectivity index (χ3v) is 2.67. The zero-order valence-electron chi connectivity index (χ0n) is 11.1. The predicted molar refractivity (Wildman–Crippen MR) is 66.5 cm³/mol. The molecule has 1 heterocycles. The Hall–Kier alpha value is -1.30. The second kappa shape index (κ2) is 7.20. The second-order valence-corrected chi connectivity index (χ2v) is 4.90. The molecule has 6 heteroatoms. The number of carbonyl (C=O) groups excluding carboxylic acids is 1. The molecule has 18 heavy (non-hydrogen) atoms. The minimum Gasteiger partial charge on any atom is -0.480 e. The lowest BCUT2D eigenvalue weighted by molar-refractivity contribution is -0.137. The highest BCUT2D eigenvalue weighted by Crippen LogP contribution is 2.07. The van der Waals surface area contributed by atoms with E-state index in [0.717, 1.165) is 6.42 Å². The summed E-state index contributed by atoms with van der Waals surface area (Å²) < 4.78 is 5.29. The molecule has 0 saturated carbocycles. The lowest BCUT2D eigenvalue weighted by Crippen LogP contribution is -2.47. The highest BCUT2D eigenvalue weighted by molar-refractivity contribution is 5.80. The molecule has 1 aliphatic heterocycles. The Bertz CT molecular complexity index is 286. The third kappa shape index (κ3) is 4.91. The van der Waals surface area contributed by atoms with Crippen molar-refractivity contribution in [1.82, 2.24) is 9.80 Å². The van der Waals surface area contributed by atoms with Crippen molar-refractivity contribution in [2.24, 2.45) is 5.92 Å². The van der Waals surface area contributed by atoms with Gasteiger partial charge in [-0.25, -0.2) is 4.79 Å². The summed E-state index contributed by atoms with van der Waals surface area (Å²) in [6.07, 6.45) is 0.800. The molecular formula is C12H22N2O4. The molecular weight excluding hydrogens is 236 g/mol. The summed E-state index contributed by atoms with van der Waals surface area (Å²) in [5.74, 6) is -0.730. The molecule has 0 aromatic heterocycles. The molecule has 2 amide bonds. The summed E-state index contributed by atoms with van der Waals surface area (Å²) in [7, 11) is 0. The standard InChI is InChI=1S/C12H22N2O4/c1-10(2)8-14(9-11(15)16)12(17)13-4-3-6-18-7-5-13/h10H,3-9H2,1-2H3,(H,15,16). The number of urea groups is 1. The maximum Gasteiger partial charge on any atom is 0.323 e. The number of carbonyl (C=O) groups is 2. The van der Waals surface area contributed by atoms with Gasteiger partial charge in [0.1, 0.15) is 6.54 Å². The molecule has 1 aliphatic rings. The number of nitrogens with zero attached hydrogens (tertiary/aromatic N) is 2. The fourth-order valence-corrected chi connectivity index (χ4v) is 1.95. The molecule has 6 nitrogen and oxygen atoms in total. The zero-order valence-corrected chi connectivity index (χ0v) is 11.1. The molecule has 1 N–H and O–H groups in total. The van der Waals surface area contributed by atoms with Crippen LogP contribution in [-0.2, 0) is 9.53 Å². The SMILES string of the molecule is CC(C)CN(CC(=O)O)C(=O)N1CCCOCC1. The highest BCUT2D eigenvalue weighted by Gasteiger charge is 2.24. The van der Waals surface area contributed by atoms with Gasteiger partial charge in [-0.3, -0.25) is 4.79 Å². The molecule has 0 aliphatic carbocycles. The van der Waals surface area contributed by atoms with E-state index in [1.165, 1.54) is 4.90 Å². The Morgan fingerprint density at radius 1 is 1.33 bits per heavy atom. The van der Waals surface area contributed by atoms with Crippen molar-refractivity contribution < 1.29 is 19.4 Å². The van der Waals surface area contributed by atoms with E-state index in [4.69, 9.17) is 9.84 Å². The third-order valence-electron chi connectivity index (χ3n) is 2.67. The van der Waals surface area contributed by atoms with Crippen LogP contribution in [-0.4, -0.2) is 66.3 Å². The molecule has 0 spiro atoms. The van der Waals surface area contributed by atoms with Gasteiger partial charge in [0.2, 0.25) is 0 Å². The van der Waals surface area contributed by atoms with Crippen LogP contribution in [0.3, 0.4) is 0 Å². The maximum atomic E-state index is 12.3. The van der Waals surface area contributed by atoms with Gasteiger partial charge in [0.25, 0.3) is 0 Å². The van der Waals surface area contributed by atoms with E-state index >= 15 is 0 Å². The molecule has 104 valence electrons. The van der Waals surface area contributed by atoms with Gasteiger partial charge in [-0.15, -0.1) is 0 Å². The van der Waals surface area contributed by atoms with Gasteiger partial charge >= 0.3 is 12.0 Å². The van der Waals surface area contributed by atoms with Crippen LogP contribution in [0.5, 0.6) is 0 Å². The summed E-state index contributed by atoms with van der Waals surface area (Å²) in [4.78, 5) is 26.1. The first kappa shape index (κ1) is 14.8. The highest BCUT2D eigenvalue weighted by atomic mass is 16.5. The van der Waals surface area contributed by atoms with E-state index in [0.29, 0.717) is 32.8 Å². The number of hydrogen-bond donors (Lipinski definition) is 1. The number of ether oxygens (including phenoxy) is 1. The molecule has 1 fully saturated rings. The molecule has 0 bridgehead atoms. The molecule has 0 aromatic carbocycles. The van der Waals surface area contributed by atoms with Crippen molar-refractivity contribution >= 4 is 12.0 Å². The fraction of sp³-hybridized carbons (Fsp3) is 0.833. The van der Waals surface area contributed by atoms with E-state index in [1.807, 2.05) is 13.8 Å². The summed E-state index contributed by atoms with van der Waals surface area (Å²) in [6.45, 7) is 6.50. The van der Waals surface area contributed by atoms with Crippen molar-refractivity contribution in [2.75, 3.05) is 39.4 Å². The van der Waals surface area contributed by atoms with Gasteiger partial charge in [0.05, 0.1) is 6.61 Å². The molecule has 0 unspecified atom stereocenters. The Balaban J connectivity index is 2.63. The Morgan fingerprint density at radius 2 is 2.06 bits per heavy atom. The topological polar surface area (TPSA) is 70.1 Å². The Labute approximate surface area is 107 Å². The molecule has 0 aromatic rings. The van der Waals surface area contributed by atoms with Gasteiger partial charge in [0.15, 0.2) is 0 Å². The van der Waals surface area contributed by atoms with Gasteiger partial charge in [-0.2, -0.15) is 0 Å². The summed E-state index contributed by atoms with van der Waals surface area (Å²) in [6, 6.07) is -0.198. The lowest BCUT2D eigenvalue weighted by Gasteiger charge is -2.29. The number of amides is 2. The van der Waals surface area contributed by atoms with Crippen LogP contribution < -0.4 is 0 Å². The van der Waals surface area contributed by atoms with E-state index in [1.54, 1.807) is 4.90 Å². The van der Waals surface area contributed by atoms with Crippen LogP contribution >= 0.6 is 0 Å². The molecule has 0 atom stereocenters. The summed E-state index contributed by atoms with van der Waals surface area (Å²) in [5.41, 5.74) is 0. The molecule has 0 radical (unpaired) electrons. The van der Waals surface area contributed by atoms with Gasteiger partial charge in [-0.1, -0.05) is 13.8 Å². The zero-order chi connectivity index (χ0) is 13.5. The summed E-state index contributed by atoms with van der Waals surface area (Å²) >= 11 is 0. The predicted octanol–water partition coefficient (Wildman–Crippen LogP) is 0.871. The first-order valence-electron chi connectivity index (χ1n) is 6.34. The van der Waals surface area contributed by atoms with Crippen LogP contribution in [0.15, 0.2) is 0 Å². The van der Waals surface area contributed by atoms with Crippen molar-refractivity contribution in [2.45, 2.75) is 20.3 Å². The monoisotopic (exact) mass is 258 g/mol. The normalized spacial score (nSPS) is 16.5. The minimum absolute atomic E-state index is 0.198. The van der Waals surface area contributed by atoms with E-state index in [9.17, 15) is 9.59 Å². The first-order chi connectivity index (χ1) is 8.50. The fourth-order valence-electron chi connectivity index (χ4n) is 1.95. The van der Waals surface area contributed by atoms with E-state index in [2.05, 4.69) is 0 Å². The van der Waals surface area contributed by atoms with E-state index in [-0.39, 0.29) is 18.5 Å². The van der Waals surface area contributed by atoms with Gasteiger partial charge in [0, 0.05) is 26.2 Å². The van der Waals surface area contributed by atoms with Crippen LogP contribution in [0.4, 0.5) is 4.79 Å². The van der Waals surface area contributed by atoms with Crippen molar-refractivity contribution in [3.05, 3.63) is 0 Å². The Morgan fingerprint density at radius 3 is 2.67 bits per heavy atom. The maximum absolute atomic E-state index is 12.3.